The number of fused-ring (bicyclic) bond motifs is 2. The molecule has 1 spiro atoms. The van der Waals surface area contributed by atoms with Crippen LogP contribution in [0.3, 0.4) is 0 Å². The summed E-state index contributed by atoms with van der Waals surface area (Å²) in [5.74, 6) is -0.278. The average molecular weight is 600 g/mol. The van der Waals surface area contributed by atoms with Gasteiger partial charge in [0, 0.05) is 79.8 Å². The Hall–Kier alpha value is -4.02. The van der Waals surface area contributed by atoms with Crippen LogP contribution in [0.25, 0.3) is 11.1 Å². The number of anilines is 2. The summed E-state index contributed by atoms with van der Waals surface area (Å²) in [7, 11) is 0. The van der Waals surface area contributed by atoms with E-state index in [0.29, 0.717) is 56.1 Å². The number of rotatable bonds is 7. The van der Waals surface area contributed by atoms with E-state index >= 15 is 0 Å². The first-order chi connectivity index (χ1) is 21.2. The maximum absolute atomic E-state index is 13.8. The van der Waals surface area contributed by atoms with E-state index in [1.165, 1.54) is 0 Å². The van der Waals surface area contributed by atoms with Crippen molar-refractivity contribution in [3.8, 4) is 11.1 Å². The lowest BCUT2D eigenvalue weighted by atomic mass is 9.78. The van der Waals surface area contributed by atoms with Crippen LogP contribution in [-0.4, -0.2) is 60.8 Å². The van der Waals surface area contributed by atoms with Gasteiger partial charge in [-0.2, -0.15) is 0 Å². The van der Waals surface area contributed by atoms with Crippen molar-refractivity contribution < 1.29 is 19.1 Å². The van der Waals surface area contributed by atoms with Gasteiger partial charge in [0.2, 0.25) is 5.91 Å². The molecule has 0 saturated carbocycles. The highest BCUT2D eigenvalue weighted by Crippen LogP contribution is 2.45. The molecule has 0 unspecified atom stereocenters. The van der Waals surface area contributed by atoms with E-state index in [1.54, 1.807) is 0 Å². The van der Waals surface area contributed by atoms with Crippen molar-refractivity contribution in [1.29, 1.82) is 0 Å². The third-order valence-corrected chi connectivity index (χ3v) is 9.53. The summed E-state index contributed by atoms with van der Waals surface area (Å²) in [4.78, 5) is 49.7. The molecular formula is C34H41N5O5. The first-order valence-electron chi connectivity index (χ1n) is 15.6. The Morgan fingerprint density at radius 1 is 1.02 bits per heavy atom. The number of benzene rings is 1. The predicted octanol–water partition coefficient (Wildman–Crippen LogP) is 4.30. The molecule has 2 saturated heterocycles. The molecule has 2 fully saturated rings. The topological polar surface area (TPSA) is 126 Å². The van der Waals surface area contributed by atoms with Crippen LogP contribution in [-0.2, 0) is 26.2 Å². The lowest BCUT2D eigenvalue weighted by molar-refractivity contribution is -0.124. The largest absolute Gasteiger partial charge is 0.381 e. The number of amides is 2. The third kappa shape index (κ3) is 5.41. The van der Waals surface area contributed by atoms with Crippen LogP contribution in [0, 0.1) is 20.8 Å². The highest BCUT2D eigenvalue weighted by atomic mass is 16.5. The molecule has 3 N–H and O–H groups in total. The van der Waals surface area contributed by atoms with Crippen molar-refractivity contribution in [2.75, 3.05) is 43.2 Å². The minimum Gasteiger partial charge on any atom is -0.381 e. The zero-order valence-electron chi connectivity index (χ0n) is 26.0. The van der Waals surface area contributed by atoms with Gasteiger partial charge in [0.25, 0.3) is 11.5 Å². The van der Waals surface area contributed by atoms with Crippen LogP contribution in [0.15, 0.2) is 35.3 Å². The SMILES string of the molecule is CCN(c1cc(-c2cnc3c(c2)NC(=O)C32CCOCC2)cc(C(=O)NCc2c(C)cc(C)[nH]c2=O)c1C)C1CCOCC1. The number of aromatic amines is 1. The number of nitrogens with one attached hydrogen (secondary N) is 3. The molecule has 3 aliphatic rings. The summed E-state index contributed by atoms with van der Waals surface area (Å²) in [6.07, 6.45) is 4.85. The second-order valence-electron chi connectivity index (χ2n) is 12.2. The smallest absolute Gasteiger partial charge is 0.253 e. The van der Waals surface area contributed by atoms with Crippen LogP contribution in [0.1, 0.15) is 71.0 Å². The van der Waals surface area contributed by atoms with Gasteiger partial charge < -0.3 is 30.0 Å². The molecule has 0 atom stereocenters. The summed E-state index contributed by atoms with van der Waals surface area (Å²) >= 11 is 0. The van der Waals surface area contributed by atoms with E-state index in [1.807, 2.05) is 45.2 Å². The van der Waals surface area contributed by atoms with Crippen molar-refractivity contribution in [3.63, 3.8) is 0 Å². The van der Waals surface area contributed by atoms with Crippen molar-refractivity contribution in [3.05, 3.63) is 74.5 Å². The number of carbonyl (C=O) groups excluding carboxylic acids is 2. The molecule has 0 radical (unpaired) electrons. The second-order valence-corrected chi connectivity index (χ2v) is 12.2. The van der Waals surface area contributed by atoms with Crippen LogP contribution in [0.5, 0.6) is 0 Å². The molecule has 0 aliphatic carbocycles. The van der Waals surface area contributed by atoms with E-state index in [-0.39, 0.29) is 30.0 Å². The standard InChI is InChI=1S/C34H41N5O5/c1-5-39(25-6-10-43-11-7-25)29-17-23(24-16-28-30(35-18-24)34(33(42)38-28)8-12-44-13-9-34)15-26(22(29)4)31(40)36-19-27-20(2)14-21(3)37-32(27)41/h14-18,25H,5-13,19H2,1-4H3,(H,36,40)(H,37,41)(H,38,42). The fourth-order valence-electron chi connectivity index (χ4n) is 7.02. The molecule has 232 valence electrons. The Labute approximate surface area is 257 Å². The predicted molar refractivity (Wildman–Crippen MR) is 169 cm³/mol. The third-order valence-electron chi connectivity index (χ3n) is 9.53. The fourth-order valence-corrected chi connectivity index (χ4v) is 7.02. The monoisotopic (exact) mass is 599 g/mol. The molecule has 6 rings (SSSR count). The van der Waals surface area contributed by atoms with E-state index < -0.39 is 5.41 Å². The maximum atomic E-state index is 13.8. The molecular weight excluding hydrogens is 558 g/mol. The molecule has 1 aromatic carbocycles. The number of pyridine rings is 2. The van der Waals surface area contributed by atoms with E-state index in [9.17, 15) is 14.4 Å². The lowest BCUT2D eigenvalue weighted by Crippen LogP contribution is -2.40. The Bertz CT molecular complexity index is 1650. The van der Waals surface area contributed by atoms with Gasteiger partial charge in [-0.3, -0.25) is 19.4 Å². The quantitative estimate of drug-likeness (QED) is 0.370. The number of aromatic nitrogens is 2. The number of aryl methyl sites for hydroxylation is 2. The fraction of sp³-hybridized carbons (Fsp3) is 0.471. The maximum Gasteiger partial charge on any atom is 0.253 e. The van der Waals surface area contributed by atoms with Gasteiger partial charge in [0.15, 0.2) is 0 Å². The number of H-pyrrole nitrogens is 1. The second kappa shape index (κ2) is 12.2. The number of ether oxygens (including phenoxy) is 2. The molecule has 10 nitrogen and oxygen atoms in total. The first kappa shape index (κ1) is 30.0. The summed E-state index contributed by atoms with van der Waals surface area (Å²) in [6.45, 7) is 11.2. The first-order valence-corrected chi connectivity index (χ1v) is 15.6. The number of nitrogens with zero attached hydrogens (tertiary/aromatic N) is 2. The minimum atomic E-state index is -0.649. The Kier molecular flexibility index (Phi) is 8.30. The molecule has 0 bridgehead atoms. The zero-order chi connectivity index (χ0) is 31.0. The van der Waals surface area contributed by atoms with Crippen molar-refractivity contribution >= 4 is 23.2 Å². The molecule has 3 aliphatic heterocycles. The summed E-state index contributed by atoms with van der Waals surface area (Å²) in [6, 6.07) is 8.19. The number of hydrogen-bond donors (Lipinski definition) is 3. The van der Waals surface area contributed by atoms with Gasteiger partial charge >= 0.3 is 0 Å². The minimum absolute atomic E-state index is 0.0248. The van der Waals surface area contributed by atoms with Crippen LogP contribution in [0.4, 0.5) is 11.4 Å². The molecule has 3 aromatic rings. The Morgan fingerprint density at radius 3 is 2.45 bits per heavy atom. The molecule has 44 heavy (non-hydrogen) atoms. The van der Waals surface area contributed by atoms with Gasteiger partial charge in [-0.25, -0.2) is 0 Å². The molecule has 10 heteroatoms. The average Bonchev–Trinajstić information content (AvgIpc) is 3.27. The zero-order valence-corrected chi connectivity index (χ0v) is 26.0. The van der Waals surface area contributed by atoms with Crippen molar-refractivity contribution in [1.82, 2.24) is 15.3 Å². The van der Waals surface area contributed by atoms with Crippen LogP contribution < -0.4 is 21.1 Å². The van der Waals surface area contributed by atoms with Gasteiger partial charge in [-0.1, -0.05) is 0 Å². The summed E-state index contributed by atoms with van der Waals surface area (Å²) in [5, 5.41) is 6.08. The van der Waals surface area contributed by atoms with E-state index in [4.69, 9.17) is 14.5 Å². The van der Waals surface area contributed by atoms with E-state index in [0.717, 1.165) is 58.7 Å². The Morgan fingerprint density at radius 2 is 1.75 bits per heavy atom. The van der Waals surface area contributed by atoms with Crippen molar-refractivity contribution in [2.24, 2.45) is 0 Å². The summed E-state index contributed by atoms with van der Waals surface area (Å²) < 4.78 is 11.2. The molecule has 2 aromatic heterocycles. The molecule has 2 amide bonds. The normalized spacial score (nSPS) is 17.8. The summed E-state index contributed by atoms with van der Waals surface area (Å²) in [5.41, 5.74) is 6.85. The lowest BCUT2D eigenvalue weighted by Gasteiger charge is -2.37. The Balaban J connectivity index is 1.39. The van der Waals surface area contributed by atoms with Crippen molar-refractivity contribution in [2.45, 2.75) is 71.4 Å². The number of carbonyl (C=O) groups is 2. The van der Waals surface area contributed by atoms with Crippen LogP contribution in [0.2, 0.25) is 0 Å². The van der Waals surface area contributed by atoms with Gasteiger partial charge in [0.05, 0.1) is 16.8 Å². The number of hydrogen-bond acceptors (Lipinski definition) is 7. The van der Waals surface area contributed by atoms with Crippen LogP contribution >= 0.6 is 0 Å². The highest BCUT2D eigenvalue weighted by molar-refractivity contribution is 6.06. The molecule has 5 heterocycles. The van der Waals surface area contributed by atoms with Gasteiger partial charge in [-0.05, 0) is 94.3 Å². The van der Waals surface area contributed by atoms with Gasteiger partial charge in [-0.15, -0.1) is 0 Å². The van der Waals surface area contributed by atoms with Gasteiger partial charge in [0.1, 0.15) is 0 Å². The highest BCUT2D eigenvalue weighted by Gasteiger charge is 2.49. The van der Waals surface area contributed by atoms with E-state index in [2.05, 4.69) is 33.5 Å².